The number of carbonyl (C=O) groups excluding carboxylic acids is 2. The second-order valence-corrected chi connectivity index (χ2v) is 8.24. The number of benzene rings is 2. The third-order valence-corrected chi connectivity index (χ3v) is 6.18. The van der Waals surface area contributed by atoms with Crippen molar-refractivity contribution in [1.29, 1.82) is 0 Å². The molecule has 2 aromatic carbocycles. The number of amides is 1. The van der Waals surface area contributed by atoms with Crippen LogP contribution in [-0.4, -0.2) is 58.0 Å². The minimum absolute atomic E-state index is 0.0264. The van der Waals surface area contributed by atoms with Crippen molar-refractivity contribution in [3.05, 3.63) is 71.3 Å². The Morgan fingerprint density at radius 2 is 1.77 bits per heavy atom. The SMILES string of the molecule is CC(=O)c1ccc(N2CCN(C(=O)c3ccc(CSc4ncn[nH]4)cc3)CC2)c(F)c1. The summed E-state index contributed by atoms with van der Waals surface area (Å²) in [4.78, 5) is 32.0. The van der Waals surface area contributed by atoms with Crippen molar-refractivity contribution in [3.63, 3.8) is 0 Å². The number of nitrogens with one attached hydrogen (secondary N) is 1. The van der Waals surface area contributed by atoms with E-state index < -0.39 is 5.82 Å². The van der Waals surface area contributed by atoms with E-state index in [0.717, 1.165) is 16.5 Å². The maximum Gasteiger partial charge on any atom is 0.253 e. The van der Waals surface area contributed by atoms with Gasteiger partial charge >= 0.3 is 0 Å². The van der Waals surface area contributed by atoms with Crippen molar-refractivity contribution in [1.82, 2.24) is 20.1 Å². The van der Waals surface area contributed by atoms with Crippen LogP contribution in [0, 0.1) is 5.82 Å². The summed E-state index contributed by atoms with van der Waals surface area (Å²) in [5, 5.41) is 7.38. The highest BCUT2D eigenvalue weighted by atomic mass is 32.2. The molecular formula is C22H22FN5O2S. The van der Waals surface area contributed by atoms with Crippen LogP contribution in [0.15, 0.2) is 53.9 Å². The first kappa shape index (κ1) is 21.0. The van der Waals surface area contributed by atoms with Crippen LogP contribution in [0.5, 0.6) is 0 Å². The predicted molar refractivity (Wildman–Crippen MR) is 117 cm³/mol. The molecule has 1 amide bonds. The Morgan fingerprint density at radius 1 is 1.06 bits per heavy atom. The summed E-state index contributed by atoms with van der Waals surface area (Å²) in [7, 11) is 0. The van der Waals surface area contributed by atoms with Crippen LogP contribution in [0.1, 0.15) is 33.2 Å². The number of anilines is 1. The summed E-state index contributed by atoms with van der Waals surface area (Å²) in [6, 6.07) is 12.1. The van der Waals surface area contributed by atoms with E-state index >= 15 is 0 Å². The van der Waals surface area contributed by atoms with Gasteiger partial charge < -0.3 is 9.80 Å². The molecule has 9 heteroatoms. The van der Waals surface area contributed by atoms with Gasteiger partial charge in [0.25, 0.3) is 5.91 Å². The Morgan fingerprint density at radius 3 is 2.39 bits per heavy atom. The van der Waals surface area contributed by atoms with Gasteiger partial charge in [-0.3, -0.25) is 14.7 Å². The number of carbonyl (C=O) groups is 2. The van der Waals surface area contributed by atoms with E-state index in [1.807, 2.05) is 29.2 Å². The number of piperazine rings is 1. The molecule has 4 rings (SSSR count). The number of nitrogens with zero attached hydrogens (tertiary/aromatic N) is 4. The second kappa shape index (κ2) is 9.30. The van der Waals surface area contributed by atoms with E-state index in [-0.39, 0.29) is 11.7 Å². The average Bonchev–Trinajstić information content (AvgIpc) is 3.31. The number of thioether (sulfide) groups is 1. The molecule has 2 heterocycles. The molecule has 0 aliphatic carbocycles. The molecule has 1 aliphatic heterocycles. The van der Waals surface area contributed by atoms with E-state index in [1.54, 1.807) is 28.8 Å². The fraction of sp³-hybridized carbons (Fsp3) is 0.273. The van der Waals surface area contributed by atoms with Gasteiger partial charge in [-0.15, -0.1) is 0 Å². The molecule has 3 aromatic rings. The molecule has 1 fully saturated rings. The minimum atomic E-state index is -0.411. The molecule has 0 unspecified atom stereocenters. The van der Waals surface area contributed by atoms with Crippen LogP contribution in [-0.2, 0) is 5.75 Å². The van der Waals surface area contributed by atoms with Gasteiger partial charge in [0, 0.05) is 43.1 Å². The number of hydrogen-bond acceptors (Lipinski definition) is 6. The van der Waals surface area contributed by atoms with E-state index in [1.165, 1.54) is 19.3 Å². The van der Waals surface area contributed by atoms with Gasteiger partial charge in [-0.2, -0.15) is 5.10 Å². The normalized spacial score (nSPS) is 14.0. The Labute approximate surface area is 183 Å². The first-order valence-electron chi connectivity index (χ1n) is 9.93. The second-order valence-electron chi connectivity index (χ2n) is 7.28. The molecule has 0 bridgehead atoms. The van der Waals surface area contributed by atoms with Crippen molar-refractivity contribution in [2.45, 2.75) is 17.8 Å². The van der Waals surface area contributed by atoms with Crippen LogP contribution in [0.3, 0.4) is 0 Å². The van der Waals surface area contributed by atoms with E-state index in [2.05, 4.69) is 15.2 Å². The predicted octanol–water partition coefficient (Wildman–Crippen LogP) is 3.40. The Hall–Kier alpha value is -3.20. The molecule has 7 nitrogen and oxygen atoms in total. The first-order chi connectivity index (χ1) is 15.0. The lowest BCUT2D eigenvalue weighted by Crippen LogP contribution is -2.49. The molecule has 31 heavy (non-hydrogen) atoms. The maximum atomic E-state index is 14.4. The number of hydrogen-bond donors (Lipinski definition) is 1. The number of H-pyrrole nitrogens is 1. The van der Waals surface area contributed by atoms with Crippen LogP contribution < -0.4 is 4.90 Å². The number of Topliss-reactive ketones (excluding diaryl/α,β-unsaturated/α-hetero) is 1. The number of aromatic amines is 1. The quantitative estimate of drug-likeness (QED) is 0.468. The fourth-order valence-electron chi connectivity index (χ4n) is 3.47. The zero-order valence-electron chi connectivity index (χ0n) is 17.0. The highest BCUT2D eigenvalue weighted by Crippen LogP contribution is 2.23. The first-order valence-corrected chi connectivity index (χ1v) is 10.9. The molecule has 0 spiro atoms. The molecule has 1 saturated heterocycles. The third kappa shape index (κ3) is 4.93. The van der Waals surface area contributed by atoms with Gasteiger partial charge in [0.2, 0.25) is 0 Å². The van der Waals surface area contributed by atoms with Crippen molar-refractivity contribution in [2.75, 3.05) is 31.1 Å². The maximum absolute atomic E-state index is 14.4. The van der Waals surface area contributed by atoms with E-state index in [9.17, 15) is 14.0 Å². The molecule has 0 saturated carbocycles. The summed E-state index contributed by atoms with van der Waals surface area (Å²) in [5.74, 6) is 0.132. The molecule has 1 aliphatic rings. The zero-order valence-corrected chi connectivity index (χ0v) is 17.9. The number of halogens is 1. The fourth-order valence-corrected chi connectivity index (χ4v) is 4.21. The van der Waals surface area contributed by atoms with Gasteiger partial charge in [-0.05, 0) is 42.8 Å². The van der Waals surface area contributed by atoms with Crippen molar-refractivity contribution in [2.24, 2.45) is 0 Å². The van der Waals surface area contributed by atoms with Gasteiger partial charge in [0.15, 0.2) is 10.9 Å². The molecule has 0 atom stereocenters. The summed E-state index contributed by atoms with van der Waals surface area (Å²) >= 11 is 1.54. The molecule has 0 radical (unpaired) electrons. The number of rotatable bonds is 6. The zero-order chi connectivity index (χ0) is 21.8. The smallest absolute Gasteiger partial charge is 0.253 e. The summed E-state index contributed by atoms with van der Waals surface area (Å²) < 4.78 is 14.4. The highest BCUT2D eigenvalue weighted by Gasteiger charge is 2.24. The molecule has 1 N–H and O–H groups in total. The number of ketones is 1. The van der Waals surface area contributed by atoms with Crippen molar-refractivity contribution in [3.8, 4) is 0 Å². The monoisotopic (exact) mass is 439 g/mol. The van der Waals surface area contributed by atoms with Crippen LogP contribution >= 0.6 is 11.8 Å². The minimum Gasteiger partial charge on any atom is -0.366 e. The molecule has 160 valence electrons. The topological polar surface area (TPSA) is 82.2 Å². The summed E-state index contributed by atoms with van der Waals surface area (Å²) in [6.07, 6.45) is 1.47. The lowest BCUT2D eigenvalue weighted by molar-refractivity contribution is 0.0746. The van der Waals surface area contributed by atoms with Crippen LogP contribution in [0.25, 0.3) is 0 Å². The Balaban J connectivity index is 1.33. The highest BCUT2D eigenvalue weighted by molar-refractivity contribution is 7.98. The van der Waals surface area contributed by atoms with Gasteiger partial charge in [-0.25, -0.2) is 9.37 Å². The third-order valence-electron chi connectivity index (χ3n) is 5.23. The lowest BCUT2D eigenvalue weighted by atomic mass is 10.1. The Kier molecular flexibility index (Phi) is 6.31. The standard InChI is InChI=1S/C22H22FN5O2S/c1-15(29)18-6-7-20(19(23)12-18)27-8-10-28(11-9-27)21(30)17-4-2-16(3-5-17)13-31-22-24-14-25-26-22/h2-7,12,14H,8-11,13H2,1H3,(H,24,25,26). The van der Waals surface area contributed by atoms with Crippen molar-refractivity contribution < 1.29 is 14.0 Å². The van der Waals surface area contributed by atoms with Gasteiger partial charge in [0.1, 0.15) is 12.1 Å². The van der Waals surface area contributed by atoms with Crippen molar-refractivity contribution >= 4 is 29.1 Å². The largest absolute Gasteiger partial charge is 0.366 e. The average molecular weight is 440 g/mol. The van der Waals surface area contributed by atoms with Crippen LogP contribution in [0.4, 0.5) is 10.1 Å². The summed E-state index contributed by atoms with van der Waals surface area (Å²) in [6.45, 7) is 3.51. The van der Waals surface area contributed by atoms with Crippen LogP contribution in [0.2, 0.25) is 0 Å². The van der Waals surface area contributed by atoms with Gasteiger partial charge in [0.05, 0.1) is 5.69 Å². The van der Waals surface area contributed by atoms with E-state index in [4.69, 9.17) is 0 Å². The molecular weight excluding hydrogens is 417 g/mol. The lowest BCUT2D eigenvalue weighted by Gasteiger charge is -2.36. The van der Waals surface area contributed by atoms with E-state index in [0.29, 0.717) is 43.0 Å². The number of aromatic nitrogens is 3. The Bertz CT molecular complexity index is 1060. The molecule has 1 aromatic heterocycles. The summed E-state index contributed by atoms with van der Waals surface area (Å²) in [5.41, 5.74) is 2.55. The van der Waals surface area contributed by atoms with Gasteiger partial charge in [-0.1, -0.05) is 23.9 Å².